The maximum absolute atomic E-state index is 13.2. The molecule has 1 aliphatic carbocycles. The lowest BCUT2D eigenvalue weighted by molar-refractivity contribution is -0.0659. The fourth-order valence-corrected chi connectivity index (χ4v) is 3.15. The zero-order chi connectivity index (χ0) is 11.3. The molecule has 1 fully saturated rings. The summed E-state index contributed by atoms with van der Waals surface area (Å²) in [5.74, 6) is 1.09. The smallest absolute Gasteiger partial charge is 0.127 e. The van der Waals surface area contributed by atoms with Crippen molar-refractivity contribution in [2.75, 3.05) is 0 Å². The van der Waals surface area contributed by atoms with Gasteiger partial charge in [0, 0.05) is 24.1 Å². The Labute approximate surface area is 94.6 Å². The van der Waals surface area contributed by atoms with Crippen molar-refractivity contribution in [1.82, 2.24) is 0 Å². The predicted molar refractivity (Wildman–Crippen MR) is 59.7 cm³/mol. The van der Waals surface area contributed by atoms with Crippen molar-refractivity contribution in [2.45, 2.75) is 37.8 Å². The van der Waals surface area contributed by atoms with Gasteiger partial charge in [0.1, 0.15) is 17.2 Å². The van der Waals surface area contributed by atoms with E-state index in [0.717, 1.165) is 24.8 Å². The number of nitrogens with two attached hydrogens (primary N) is 1. The van der Waals surface area contributed by atoms with Gasteiger partial charge in [-0.05, 0) is 24.8 Å². The molecule has 0 aromatic heterocycles. The maximum atomic E-state index is 13.2. The number of rotatable bonds is 0. The van der Waals surface area contributed by atoms with E-state index >= 15 is 0 Å². The average molecular weight is 221 g/mol. The fourth-order valence-electron chi connectivity index (χ4n) is 3.15. The van der Waals surface area contributed by atoms with Gasteiger partial charge < -0.3 is 10.5 Å². The lowest BCUT2D eigenvalue weighted by atomic mass is 9.67. The second-order valence-electron chi connectivity index (χ2n) is 5.29. The van der Waals surface area contributed by atoms with Crippen LogP contribution in [-0.4, -0.2) is 5.60 Å². The van der Waals surface area contributed by atoms with Gasteiger partial charge in [-0.15, -0.1) is 0 Å². The van der Waals surface area contributed by atoms with Crippen LogP contribution < -0.4 is 10.5 Å². The molecule has 0 amide bonds. The van der Waals surface area contributed by atoms with Crippen molar-refractivity contribution in [3.05, 3.63) is 29.6 Å². The summed E-state index contributed by atoms with van der Waals surface area (Å²) in [6, 6.07) is 4.63. The monoisotopic (exact) mass is 221 g/mol. The van der Waals surface area contributed by atoms with Gasteiger partial charge in [0.2, 0.25) is 0 Å². The number of ether oxygens (including phenoxy) is 1. The minimum atomic E-state index is -0.254. The first kappa shape index (κ1) is 10.1. The molecule has 1 atom stereocenters. The lowest BCUT2D eigenvalue weighted by Gasteiger charge is -2.50. The molecule has 1 heterocycles. The molecule has 3 rings (SSSR count). The van der Waals surface area contributed by atoms with Gasteiger partial charge in [0.25, 0.3) is 0 Å². The third kappa shape index (κ3) is 1.42. The van der Waals surface area contributed by atoms with E-state index in [1.165, 1.54) is 12.1 Å². The summed E-state index contributed by atoms with van der Waals surface area (Å²) in [4.78, 5) is 0. The Balaban J connectivity index is 1.95. The average Bonchev–Trinajstić information content (AvgIpc) is 2.14. The highest BCUT2D eigenvalue weighted by Crippen LogP contribution is 2.50. The molecule has 16 heavy (non-hydrogen) atoms. The molecule has 1 aliphatic heterocycles. The first-order valence-electron chi connectivity index (χ1n) is 5.82. The van der Waals surface area contributed by atoms with E-state index in [-0.39, 0.29) is 17.5 Å². The molecule has 1 spiro atoms. The first-order valence-corrected chi connectivity index (χ1v) is 5.82. The molecule has 2 nitrogen and oxygen atoms in total. The lowest BCUT2D eigenvalue weighted by Crippen LogP contribution is -2.52. The van der Waals surface area contributed by atoms with Crippen molar-refractivity contribution in [1.29, 1.82) is 0 Å². The van der Waals surface area contributed by atoms with E-state index in [1.54, 1.807) is 6.07 Å². The Morgan fingerprint density at radius 2 is 2.12 bits per heavy atom. The van der Waals surface area contributed by atoms with Gasteiger partial charge in [0.15, 0.2) is 0 Å². The summed E-state index contributed by atoms with van der Waals surface area (Å²) in [6.07, 6.45) is 2.93. The molecule has 2 aliphatic rings. The summed E-state index contributed by atoms with van der Waals surface area (Å²) >= 11 is 0. The maximum Gasteiger partial charge on any atom is 0.127 e. The van der Waals surface area contributed by atoms with Gasteiger partial charge in [-0.3, -0.25) is 0 Å². The number of halogens is 1. The van der Waals surface area contributed by atoms with Crippen molar-refractivity contribution in [3.8, 4) is 5.75 Å². The molecule has 2 N–H and O–H groups in total. The van der Waals surface area contributed by atoms with Crippen LogP contribution in [-0.2, 0) is 0 Å². The van der Waals surface area contributed by atoms with E-state index in [2.05, 4.69) is 6.92 Å². The summed E-state index contributed by atoms with van der Waals surface area (Å²) in [6.45, 7) is 2.21. The van der Waals surface area contributed by atoms with Gasteiger partial charge in [-0.1, -0.05) is 13.0 Å². The van der Waals surface area contributed by atoms with Gasteiger partial charge in [-0.25, -0.2) is 4.39 Å². The number of hydrogen-bond acceptors (Lipinski definition) is 2. The molecule has 3 heteroatoms. The molecule has 0 bridgehead atoms. The van der Waals surface area contributed by atoms with Gasteiger partial charge in [-0.2, -0.15) is 0 Å². The third-order valence-electron chi connectivity index (χ3n) is 3.73. The van der Waals surface area contributed by atoms with Crippen LogP contribution in [0.3, 0.4) is 0 Å². The molecule has 86 valence electrons. The second kappa shape index (κ2) is 3.20. The Morgan fingerprint density at radius 3 is 2.81 bits per heavy atom. The third-order valence-corrected chi connectivity index (χ3v) is 3.73. The predicted octanol–water partition coefficient (Wildman–Crippen LogP) is 2.78. The normalized spacial score (nSPS) is 36.4. The minimum absolute atomic E-state index is 0.0168. The van der Waals surface area contributed by atoms with Gasteiger partial charge >= 0.3 is 0 Å². The molecule has 0 radical (unpaired) electrons. The van der Waals surface area contributed by atoms with Crippen LogP contribution in [0.25, 0.3) is 0 Å². The topological polar surface area (TPSA) is 35.2 Å². The second-order valence-corrected chi connectivity index (χ2v) is 5.29. The fraction of sp³-hybridized carbons (Fsp3) is 0.538. The molecular formula is C13H16FNO. The SMILES string of the molecule is CC1CC2(C1)C[C@@H](N)c1ccc(F)cc1O2. The molecule has 1 aromatic carbocycles. The van der Waals surface area contributed by atoms with Crippen molar-refractivity contribution >= 4 is 0 Å². The number of fused-ring (bicyclic) bond motifs is 1. The number of benzene rings is 1. The summed E-state index contributed by atoms with van der Waals surface area (Å²) in [5.41, 5.74) is 6.95. The van der Waals surface area contributed by atoms with Crippen LogP contribution in [0.5, 0.6) is 5.75 Å². The minimum Gasteiger partial charge on any atom is -0.487 e. The standard InChI is InChI=1S/C13H16FNO/c1-8-5-13(6-8)7-11(15)10-3-2-9(14)4-12(10)16-13/h2-4,8,11H,5-7,15H2,1H3/t8?,11-,13?/m1/s1. The van der Waals surface area contributed by atoms with Crippen LogP contribution >= 0.6 is 0 Å². The van der Waals surface area contributed by atoms with Crippen LogP contribution in [0.1, 0.15) is 37.8 Å². The quantitative estimate of drug-likeness (QED) is 0.731. The van der Waals surface area contributed by atoms with Crippen LogP contribution in [0.4, 0.5) is 4.39 Å². The Morgan fingerprint density at radius 1 is 1.38 bits per heavy atom. The van der Waals surface area contributed by atoms with Crippen LogP contribution in [0.2, 0.25) is 0 Å². The Bertz CT molecular complexity index is 426. The van der Waals surface area contributed by atoms with Crippen LogP contribution in [0, 0.1) is 11.7 Å². The van der Waals surface area contributed by atoms with Crippen molar-refractivity contribution < 1.29 is 9.13 Å². The highest BCUT2D eigenvalue weighted by Gasteiger charge is 2.48. The molecular weight excluding hydrogens is 205 g/mol. The summed E-state index contributed by atoms with van der Waals surface area (Å²) in [7, 11) is 0. The summed E-state index contributed by atoms with van der Waals surface area (Å²) < 4.78 is 19.1. The number of hydrogen-bond donors (Lipinski definition) is 1. The van der Waals surface area contributed by atoms with Gasteiger partial charge in [0.05, 0.1) is 0 Å². The molecule has 0 saturated heterocycles. The molecule has 1 saturated carbocycles. The summed E-state index contributed by atoms with van der Waals surface area (Å²) in [5, 5.41) is 0. The van der Waals surface area contributed by atoms with E-state index < -0.39 is 0 Å². The highest BCUT2D eigenvalue weighted by atomic mass is 19.1. The largest absolute Gasteiger partial charge is 0.487 e. The van der Waals surface area contributed by atoms with Crippen LogP contribution in [0.15, 0.2) is 18.2 Å². The molecule has 1 aromatic rings. The van der Waals surface area contributed by atoms with E-state index in [0.29, 0.717) is 11.7 Å². The van der Waals surface area contributed by atoms with Crippen molar-refractivity contribution in [3.63, 3.8) is 0 Å². The zero-order valence-corrected chi connectivity index (χ0v) is 9.37. The Hall–Kier alpha value is -1.09. The van der Waals surface area contributed by atoms with E-state index in [1.807, 2.05) is 0 Å². The Kier molecular flexibility index (Phi) is 2.02. The van der Waals surface area contributed by atoms with E-state index in [4.69, 9.17) is 10.5 Å². The van der Waals surface area contributed by atoms with E-state index in [9.17, 15) is 4.39 Å². The zero-order valence-electron chi connectivity index (χ0n) is 9.37. The highest BCUT2D eigenvalue weighted by molar-refractivity contribution is 5.39. The first-order chi connectivity index (χ1) is 7.58. The molecule has 0 unspecified atom stereocenters. The van der Waals surface area contributed by atoms with Crippen molar-refractivity contribution in [2.24, 2.45) is 11.7 Å².